The van der Waals surface area contributed by atoms with Gasteiger partial charge in [-0.3, -0.25) is 10.3 Å². The van der Waals surface area contributed by atoms with Crippen LogP contribution in [0.4, 0.5) is 0 Å². The van der Waals surface area contributed by atoms with E-state index in [-0.39, 0.29) is 0 Å². The van der Waals surface area contributed by atoms with Gasteiger partial charge in [-0.1, -0.05) is 67.1 Å². The molecule has 2 aliphatic heterocycles. The molecule has 3 aromatic rings. The zero-order chi connectivity index (χ0) is 18.8. The number of fused-ring (bicyclic) bond motifs is 1. The molecule has 0 spiro atoms. The molecule has 28 heavy (non-hydrogen) atoms. The van der Waals surface area contributed by atoms with Crippen molar-refractivity contribution in [3.63, 3.8) is 0 Å². The second-order valence-electron chi connectivity index (χ2n) is 7.22. The van der Waals surface area contributed by atoms with Gasteiger partial charge in [-0.05, 0) is 43.3 Å². The van der Waals surface area contributed by atoms with E-state index in [2.05, 4.69) is 73.7 Å². The Labute approximate surface area is 169 Å². The molecular weight excluding hydrogens is 366 g/mol. The normalized spacial score (nSPS) is 17.3. The molecule has 0 unspecified atom stereocenters. The lowest BCUT2D eigenvalue weighted by molar-refractivity contribution is 0.214. The highest BCUT2D eigenvalue weighted by Crippen LogP contribution is 2.42. The van der Waals surface area contributed by atoms with Crippen LogP contribution in [0, 0.1) is 0 Å². The summed E-state index contributed by atoms with van der Waals surface area (Å²) in [5, 5.41) is 9.88. The van der Waals surface area contributed by atoms with Crippen LogP contribution in [0.3, 0.4) is 0 Å². The number of likely N-dealkylation sites (tertiary alicyclic amines) is 1. The minimum Gasteiger partial charge on any atom is -0.296 e. The summed E-state index contributed by atoms with van der Waals surface area (Å²) in [7, 11) is 0. The van der Waals surface area contributed by atoms with Crippen molar-refractivity contribution in [1.82, 2.24) is 19.8 Å². The topological polar surface area (TPSA) is 46.0 Å². The van der Waals surface area contributed by atoms with E-state index in [1.54, 1.807) is 11.8 Å². The second-order valence-corrected chi connectivity index (χ2v) is 8.20. The second kappa shape index (κ2) is 7.81. The number of nitrogens with zero attached hydrogens (tertiary/aromatic N) is 4. The third-order valence-corrected chi connectivity index (χ3v) is 6.35. The predicted molar refractivity (Wildman–Crippen MR) is 114 cm³/mol. The number of benzene rings is 2. The maximum Gasteiger partial charge on any atom is 0.215 e. The summed E-state index contributed by atoms with van der Waals surface area (Å²) in [6.45, 7) is 3.13. The van der Waals surface area contributed by atoms with Gasteiger partial charge in [-0.15, -0.1) is 10.2 Å². The summed E-state index contributed by atoms with van der Waals surface area (Å²) in [6.07, 6.45) is 3.89. The van der Waals surface area contributed by atoms with Gasteiger partial charge in [0.2, 0.25) is 5.16 Å². The minimum atomic E-state index is 0.837. The Hall–Kier alpha value is -2.57. The van der Waals surface area contributed by atoms with Crippen LogP contribution >= 0.6 is 11.8 Å². The largest absolute Gasteiger partial charge is 0.296 e. The number of nitrogens with one attached hydrogen (secondary N) is 1. The van der Waals surface area contributed by atoms with Gasteiger partial charge in [0.15, 0.2) is 5.82 Å². The molecule has 2 aromatic carbocycles. The van der Waals surface area contributed by atoms with E-state index in [4.69, 9.17) is 0 Å². The average Bonchev–Trinajstić information content (AvgIpc) is 3.16. The first-order valence-electron chi connectivity index (χ1n) is 9.85. The predicted octanol–water partition coefficient (Wildman–Crippen LogP) is 4.44. The number of piperidine rings is 1. The molecule has 0 saturated carbocycles. The monoisotopic (exact) mass is 389 g/mol. The van der Waals surface area contributed by atoms with Crippen LogP contribution in [-0.4, -0.2) is 32.9 Å². The van der Waals surface area contributed by atoms with Gasteiger partial charge in [0.1, 0.15) is 0 Å². The zero-order valence-corrected chi connectivity index (χ0v) is 16.5. The van der Waals surface area contributed by atoms with E-state index in [1.807, 2.05) is 12.1 Å². The summed E-state index contributed by atoms with van der Waals surface area (Å²) >= 11 is 1.68. The molecule has 5 rings (SSSR count). The first-order chi connectivity index (χ1) is 13.9. The molecule has 3 heterocycles. The van der Waals surface area contributed by atoms with Gasteiger partial charge in [-0.25, -0.2) is 4.68 Å². The number of rotatable bonds is 4. The third-order valence-electron chi connectivity index (χ3n) is 5.26. The Morgan fingerprint density at radius 2 is 1.50 bits per heavy atom. The molecule has 0 atom stereocenters. The Morgan fingerprint density at radius 1 is 0.821 bits per heavy atom. The summed E-state index contributed by atoms with van der Waals surface area (Å²) < 4.78 is 2.06. The third kappa shape index (κ3) is 3.45. The lowest BCUT2D eigenvalue weighted by Gasteiger charge is -2.28. The number of hydrogen-bond donors (Lipinski definition) is 1. The molecule has 6 heteroatoms. The Morgan fingerprint density at radius 3 is 2.21 bits per heavy atom. The molecule has 0 radical (unpaired) electrons. The molecule has 2 aliphatic rings. The van der Waals surface area contributed by atoms with E-state index < -0.39 is 0 Å². The van der Waals surface area contributed by atoms with Crippen molar-refractivity contribution in [1.29, 1.82) is 0 Å². The lowest BCUT2D eigenvalue weighted by atomic mass is 10.1. The lowest BCUT2D eigenvalue weighted by Crippen LogP contribution is -2.32. The van der Waals surface area contributed by atoms with E-state index in [0.29, 0.717) is 0 Å². The van der Waals surface area contributed by atoms with Gasteiger partial charge in [0.05, 0.1) is 12.2 Å². The number of thioether (sulfide) groups is 1. The molecular formula is C22H23N5S. The van der Waals surface area contributed by atoms with Gasteiger partial charge in [0.25, 0.3) is 0 Å². The zero-order valence-electron chi connectivity index (χ0n) is 15.7. The Bertz CT molecular complexity index is 975. The van der Waals surface area contributed by atoms with E-state index >= 15 is 0 Å². The van der Waals surface area contributed by atoms with Gasteiger partial charge in [0, 0.05) is 10.5 Å². The van der Waals surface area contributed by atoms with Crippen molar-refractivity contribution in [3.05, 3.63) is 77.6 Å². The molecule has 0 bridgehead atoms. The maximum absolute atomic E-state index is 4.51. The first kappa shape index (κ1) is 17.5. The maximum atomic E-state index is 4.51. The van der Waals surface area contributed by atoms with Crippen LogP contribution in [0.2, 0.25) is 0 Å². The highest BCUT2D eigenvalue weighted by atomic mass is 32.2. The SMILES string of the molecule is c1ccc(C2=C(c3ccccc3)Sc3nnc(CN4CCCCC4)n3N2)cc1. The van der Waals surface area contributed by atoms with E-state index in [1.165, 1.54) is 29.7 Å². The standard InChI is InChI=1S/C22H23N5S/c1-4-10-17(11-5-1)20-21(18-12-6-2-7-13-18)28-22-24-23-19(27(22)25-20)16-26-14-8-3-9-15-26/h1-2,4-7,10-13,25H,3,8-9,14-16H2. The quantitative estimate of drug-likeness (QED) is 0.715. The fraction of sp³-hybridized carbons (Fsp3) is 0.273. The van der Waals surface area contributed by atoms with Crippen LogP contribution in [0.1, 0.15) is 36.2 Å². The van der Waals surface area contributed by atoms with Crippen molar-refractivity contribution < 1.29 is 0 Å². The van der Waals surface area contributed by atoms with Crippen molar-refractivity contribution in [2.75, 3.05) is 18.5 Å². The van der Waals surface area contributed by atoms with Crippen molar-refractivity contribution in [2.45, 2.75) is 31.0 Å². The molecule has 5 nitrogen and oxygen atoms in total. The fourth-order valence-electron chi connectivity index (χ4n) is 3.80. The molecule has 1 fully saturated rings. The molecule has 142 valence electrons. The average molecular weight is 390 g/mol. The van der Waals surface area contributed by atoms with E-state index in [9.17, 15) is 0 Å². The van der Waals surface area contributed by atoms with Crippen LogP contribution in [0.15, 0.2) is 65.8 Å². The number of hydrogen-bond acceptors (Lipinski definition) is 5. The van der Waals surface area contributed by atoms with Gasteiger partial charge < -0.3 is 0 Å². The first-order valence-corrected chi connectivity index (χ1v) is 10.7. The van der Waals surface area contributed by atoms with E-state index in [0.717, 1.165) is 41.9 Å². The molecule has 1 saturated heterocycles. The highest BCUT2D eigenvalue weighted by molar-refractivity contribution is 8.08. The van der Waals surface area contributed by atoms with Crippen LogP contribution in [-0.2, 0) is 6.54 Å². The van der Waals surface area contributed by atoms with Crippen LogP contribution in [0.25, 0.3) is 10.6 Å². The van der Waals surface area contributed by atoms with Crippen molar-refractivity contribution >= 4 is 22.4 Å². The Balaban J connectivity index is 1.52. The summed E-state index contributed by atoms with van der Waals surface area (Å²) in [5.74, 6) is 0.977. The highest BCUT2D eigenvalue weighted by Gasteiger charge is 2.26. The van der Waals surface area contributed by atoms with Crippen molar-refractivity contribution in [2.24, 2.45) is 0 Å². The minimum absolute atomic E-state index is 0.837. The van der Waals surface area contributed by atoms with Gasteiger partial charge >= 0.3 is 0 Å². The molecule has 0 aliphatic carbocycles. The van der Waals surface area contributed by atoms with Gasteiger partial charge in [-0.2, -0.15) is 0 Å². The Kier molecular flexibility index (Phi) is 4.89. The molecule has 1 aromatic heterocycles. The number of aromatic nitrogens is 3. The summed E-state index contributed by atoms with van der Waals surface area (Å²) in [5.41, 5.74) is 7.07. The summed E-state index contributed by atoms with van der Waals surface area (Å²) in [6, 6.07) is 21.0. The fourth-order valence-corrected chi connectivity index (χ4v) is 4.82. The summed E-state index contributed by atoms with van der Waals surface area (Å²) in [4.78, 5) is 3.65. The molecule has 1 N–H and O–H groups in total. The molecule has 0 amide bonds. The van der Waals surface area contributed by atoms with Crippen LogP contribution < -0.4 is 5.43 Å². The van der Waals surface area contributed by atoms with Crippen molar-refractivity contribution in [3.8, 4) is 0 Å². The van der Waals surface area contributed by atoms with Crippen LogP contribution in [0.5, 0.6) is 0 Å². The smallest absolute Gasteiger partial charge is 0.215 e.